The second kappa shape index (κ2) is 7.51. The van der Waals surface area contributed by atoms with E-state index in [9.17, 15) is 9.59 Å². The molecule has 1 aliphatic carbocycles. The summed E-state index contributed by atoms with van der Waals surface area (Å²) >= 11 is 1.62. The molecule has 0 N–H and O–H groups in total. The van der Waals surface area contributed by atoms with E-state index in [1.807, 2.05) is 40.6 Å². The third kappa shape index (κ3) is 3.29. The first-order valence-corrected chi connectivity index (χ1v) is 11.5. The van der Waals surface area contributed by atoms with E-state index in [0.717, 1.165) is 35.4 Å². The Kier molecular flexibility index (Phi) is 4.82. The fourth-order valence-electron chi connectivity index (χ4n) is 4.71. The van der Waals surface area contributed by atoms with E-state index < -0.39 is 0 Å². The van der Waals surface area contributed by atoms with E-state index in [2.05, 4.69) is 24.2 Å². The average molecular weight is 420 g/mol. The molecule has 1 aromatic carbocycles. The topological polar surface area (TPSA) is 55.2 Å². The van der Waals surface area contributed by atoms with Crippen molar-refractivity contribution in [3.05, 3.63) is 75.9 Å². The molecule has 2 aromatic heterocycles. The first kappa shape index (κ1) is 19.2. The van der Waals surface area contributed by atoms with Gasteiger partial charge < -0.3 is 4.90 Å². The zero-order chi connectivity index (χ0) is 20.7. The van der Waals surface area contributed by atoms with Crippen molar-refractivity contribution in [3.8, 4) is 10.6 Å². The van der Waals surface area contributed by atoms with Crippen LogP contribution in [0.15, 0.2) is 64.8 Å². The predicted molar refractivity (Wildman–Crippen MR) is 119 cm³/mol. The SMILES string of the molecule is C[C@H]1CN(C(=O)C2(c3ccccc3)CC2)CC[C@@H]1n1nc(-c2cccs2)ccc1=O. The molecule has 1 amide bonds. The summed E-state index contributed by atoms with van der Waals surface area (Å²) < 4.78 is 1.64. The van der Waals surface area contributed by atoms with Gasteiger partial charge in [-0.05, 0) is 48.3 Å². The second-order valence-electron chi connectivity index (χ2n) is 8.51. The molecule has 154 valence electrons. The van der Waals surface area contributed by atoms with Crippen LogP contribution in [-0.2, 0) is 10.2 Å². The van der Waals surface area contributed by atoms with E-state index in [0.29, 0.717) is 13.1 Å². The summed E-state index contributed by atoms with van der Waals surface area (Å²) in [4.78, 5) is 29.0. The lowest BCUT2D eigenvalue weighted by Gasteiger charge is -2.38. The second-order valence-corrected chi connectivity index (χ2v) is 9.46. The number of likely N-dealkylation sites (tertiary alicyclic amines) is 1. The Hall–Kier alpha value is -2.73. The van der Waals surface area contributed by atoms with Crippen molar-refractivity contribution in [1.29, 1.82) is 0 Å². The Morgan fingerprint density at radius 3 is 2.57 bits per heavy atom. The van der Waals surface area contributed by atoms with Crippen molar-refractivity contribution in [2.75, 3.05) is 13.1 Å². The van der Waals surface area contributed by atoms with Crippen LogP contribution >= 0.6 is 11.3 Å². The number of rotatable bonds is 4. The van der Waals surface area contributed by atoms with Crippen molar-refractivity contribution in [2.45, 2.75) is 37.6 Å². The predicted octanol–water partition coefficient (Wildman–Crippen LogP) is 4.11. The molecule has 3 aromatic rings. The van der Waals surface area contributed by atoms with E-state index in [-0.39, 0.29) is 28.8 Å². The average Bonchev–Trinajstić information content (AvgIpc) is 3.41. The molecule has 1 aliphatic heterocycles. The minimum absolute atomic E-state index is 0.00772. The van der Waals surface area contributed by atoms with Gasteiger partial charge in [-0.2, -0.15) is 5.10 Å². The number of benzene rings is 1. The van der Waals surface area contributed by atoms with Gasteiger partial charge in [0.1, 0.15) is 5.69 Å². The molecule has 2 atom stereocenters. The number of hydrogen-bond acceptors (Lipinski definition) is 4. The number of hydrogen-bond donors (Lipinski definition) is 0. The Balaban J connectivity index is 1.35. The van der Waals surface area contributed by atoms with Gasteiger partial charge >= 0.3 is 0 Å². The van der Waals surface area contributed by atoms with Crippen LogP contribution in [0.1, 0.15) is 37.8 Å². The third-order valence-corrected chi connectivity index (χ3v) is 7.44. The van der Waals surface area contributed by atoms with E-state index >= 15 is 0 Å². The van der Waals surface area contributed by atoms with Gasteiger partial charge in [0.05, 0.1) is 16.3 Å². The molecule has 6 heteroatoms. The lowest BCUT2D eigenvalue weighted by atomic mass is 9.90. The molecule has 0 spiro atoms. The van der Waals surface area contributed by atoms with Gasteiger partial charge in [-0.3, -0.25) is 9.59 Å². The molecule has 0 radical (unpaired) electrons. The highest BCUT2D eigenvalue weighted by Gasteiger charge is 2.53. The number of carbonyl (C=O) groups is 1. The maximum Gasteiger partial charge on any atom is 0.267 e. The maximum absolute atomic E-state index is 13.4. The molecule has 2 fully saturated rings. The molecule has 0 bridgehead atoms. The number of piperidine rings is 1. The van der Waals surface area contributed by atoms with Crippen molar-refractivity contribution in [1.82, 2.24) is 14.7 Å². The molecular weight excluding hydrogens is 394 g/mol. The van der Waals surface area contributed by atoms with Gasteiger partial charge in [-0.15, -0.1) is 11.3 Å². The number of aromatic nitrogens is 2. The van der Waals surface area contributed by atoms with Gasteiger partial charge in [0.25, 0.3) is 5.56 Å². The van der Waals surface area contributed by atoms with Gasteiger partial charge in [-0.1, -0.05) is 43.3 Å². The zero-order valence-electron chi connectivity index (χ0n) is 17.0. The minimum Gasteiger partial charge on any atom is -0.342 e. The number of amides is 1. The Morgan fingerprint density at radius 2 is 1.90 bits per heavy atom. The standard InChI is InChI=1S/C24H25N3O2S/c1-17-16-26(23(29)24(12-13-24)18-6-3-2-4-7-18)14-11-20(17)27-22(28)10-9-19(25-27)21-8-5-15-30-21/h2-10,15,17,20H,11-14,16H2,1H3/t17-,20-/m0/s1. The van der Waals surface area contributed by atoms with Crippen molar-refractivity contribution >= 4 is 17.2 Å². The highest BCUT2D eigenvalue weighted by atomic mass is 32.1. The van der Waals surface area contributed by atoms with Gasteiger partial charge in [0, 0.05) is 19.2 Å². The largest absolute Gasteiger partial charge is 0.342 e. The first-order valence-electron chi connectivity index (χ1n) is 10.6. The molecule has 2 aliphatic rings. The highest BCUT2D eigenvalue weighted by molar-refractivity contribution is 7.13. The van der Waals surface area contributed by atoms with Gasteiger partial charge in [0.2, 0.25) is 5.91 Å². The number of carbonyl (C=O) groups excluding carboxylic acids is 1. The van der Waals surface area contributed by atoms with Crippen molar-refractivity contribution in [3.63, 3.8) is 0 Å². The highest BCUT2D eigenvalue weighted by Crippen LogP contribution is 2.50. The Morgan fingerprint density at radius 1 is 1.10 bits per heavy atom. The smallest absolute Gasteiger partial charge is 0.267 e. The molecule has 3 heterocycles. The van der Waals surface area contributed by atoms with E-state index in [4.69, 9.17) is 0 Å². The fourth-order valence-corrected chi connectivity index (χ4v) is 5.40. The number of nitrogens with zero attached hydrogens (tertiary/aromatic N) is 3. The molecule has 30 heavy (non-hydrogen) atoms. The lowest BCUT2D eigenvalue weighted by Crippen LogP contribution is -2.49. The van der Waals surface area contributed by atoms with E-state index in [1.165, 1.54) is 0 Å². The van der Waals surface area contributed by atoms with Gasteiger partial charge in [0.15, 0.2) is 0 Å². The molecule has 1 saturated heterocycles. The summed E-state index contributed by atoms with van der Waals surface area (Å²) in [7, 11) is 0. The Bertz CT molecular complexity index is 1100. The van der Waals surface area contributed by atoms with Crippen LogP contribution < -0.4 is 5.56 Å². The lowest BCUT2D eigenvalue weighted by molar-refractivity contribution is -0.136. The maximum atomic E-state index is 13.4. The summed E-state index contributed by atoms with van der Waals surface area (Å²) in [5, 5.41) is 6.69. The van der Waals surface area contributed by atoms with Crippen molar-refractivity contribution in [2.24, 2.45) is 5.92 Å². The van der Waals surface area contributed by atoms with Crippen LogP contribution in [0.2, 0.25) is 0 Å². The summed E-state index contributed by atoms with van der Waals surface area (Å²) in [6.07, 6.45) is 2.60. The molecule has 1 saturated carbocycles. The van der Waals surface area contributed by atoms with Crippen LogP contribution in [-0.4, -0.2) is 33.7 Å². The summed E-state index contributed by atoms with van der Waals surface area (Å²) in [5.41, 5.74) is 1.56. The Labute approximate surface area is 180 Å². The molecular formula is C24H25N3O2S. The zero-order valence-corrected chi connectivity index (χ0v) is 17.8. The summed E-state index contributed by atoms with van der Waals surface area (Å²) in [5.74, 6) is 0.407. The first-order chi connectivity index (χ1) is 14.6. The summed E-state index contributed by atoms with van der Waals surface area (Å²) in [6.45, 7) is 3.45. The van der Waals surface area contributed by atoms with Crippen molar-refractivity contribution < 1.29 is 4.79 Å². The fraction of sp³-hybridized carbons (Fsp3) is 0.375. The van der Waals surface area contributed by atoms with E-state index in [1.54, 1.807) is 28.2 Å². The number of thiophene rings is 1. The monoisotopic (exact) mass is 419 g/mol. The molecule has 5 nitrogen and oxygen atoms in total. The van der Waals surface area contributed by atoms with Crippen LogP contribution in [0.3, 0.4) is 0 Å². The van der Waals surface area contributed by atoms with Crippen LogP contribution in [0, 0.1) is 5.92 Å². The minimum atomic E-state index is -0.331. The van der Waals surface area contributed by atoms with Crippen LogP contribution in [0.4, 0.5) is 0 Å². The third-order valence-electron chi connectivity index (χ3n) is 6.55. The normalized spacial score (nSPS) is 22.6. The quantitative estimate of drug-likeness (QED) is 0.639. The van der Waals surface area contributed by atoms with Gasteiger partial charge in [-0.25, -0.2) is 4.68 Å². The molecule has 5 rings (SSSR count). The molecule has 0 unspecified atom stereocenters. The van der Waals surface area contributed by atoms with Crippen LogP contribution in [0.25, 0.3) is 10.6 Å². The van der Waals surface area contributed by atoms with Crippen LogP contribution in [0.5, 0.6) is 0 Å². The summed E-state index contributed by atoms with van der Waals surface area (Å²) in [6, 6.07) is 17.6.